The van der Waals surface area contributed by atoms with Gasteiger partial charge in [-0.05, 0) is 38.0 Å². The molecule has 2 fully saturated rings. The van der Waals surface area contributed by atoms with Gasteiger partial charge in [0.05, 0.1) is 24.2 Å². The Kier molecular flexibility index (Phi) is 6.89. The van der Waals surface area contributed by atoms with Crippen LogP contribution in [0.4, 0.5) is 10.3 Å². The number of morpholine rings is 1. The second-order valence-corrected chi connectivity index (χ2v) is 9.00. The molecule has 1 aromatic heterocycles. The van der Waals surface area contributed by atoms with E-state index in [1.54, 1.807) is 6.07 Å². The van der Waals surface area contributed by atoms with Gasteiger partial charge in [-0.3, -0.25) is 9.36 Å². The van der Waals surface area contributed by atoms with Crippen molar-refractivity contribution in [3.8, 4) is 5.69 Å². The molecule has 9 heteroatoms. The molecule has 2 aliphatic heterocycles. The maximum atomic E-state index is 14.0. The number of hydrogen-bond acceptors (Lipinski definition) is 6. The summed E-state index contributed by atoms with van der Waals surface area (Å²) in [5, 5.41) is 9.09. The molecule has 162 valence electrons. The van der Waals surface area contributed by atoms with E-state index in [1.165, 1.54) is 36.7 Å². The monoisotopic (exact) mass is 433 g/mol. The molecule has 0 bridgehead atoms. The Morgan fingerprint density at radius 1 is 1.10 bits per heavy atom. The van der Waals surface area contributed by atoms with Gasteiger partial charge in [0.2, 0.25) is 11.9 Å². The summed E-state index contributed by atoms with van der Waals surface area (Å²) < 4.78 is 21.3. The number of amides is 1. The standard InChI is InChI=1S/C21H28FN5O2S/c1-16(19(28)25-9-4-2-3-5-10-25)30-21-24-23-20(26-11-13-29-14-12-26)27(21)18-8-6-7-17(22)15-18/h6-8,15-16H,2-5,9-14H2,1H3. The van der Waals surface area contributed by atoms with Crippen LogP contribution in [0.15, 0.2) is 29.4 Å². The Labute approximate surface area is 180 Å². The molecule has 0 spiro atoms. The summed E-state index contributed by atoms with van der Waals surface area (Å²) in [7, 11) is 0. The number of aromatic nitrogens is 3. The van der Waals surface area contributed by atoms with Crippen LogP contribution >= 0.6 is 11.8 Å². The number of hydrogen-bond donors (Lipinski definition) is 0. The van der Waals surface area contributed by atoms with Crippen molar-refractivity contribution in [1.82, 2.24) is 19.7 Å². The quantitative estimate of drug-likeness (QED) is 0.675. The number of likely N-dealkylation sites (tertiary alicyclic amines) is 1. The summed E-state index contributed by atoms with van der Waals surface area (Å²) in [6, 6.07) is 6.40. The van der Waals surface area contributed by atoms with Crippen molar-refractivity contribution in [1.29, 1.82) is 0 Å². The average Bonchev–Trinajstić information content (AvgIpc) is 2.98. The molecule has 0 aliphatic carbocycles. The molecule has 2 saturated heterocycles. The lowest BCUT2D eigenvalue weighted by Crippen LogP contribution is -2.38. The Morgan fingerprint density at radius 3 is 2.53 bits per heavy atom. The molecule has 2 aliphatic rings. The van der Waals surface area contributed by atoms with E-state index in [9.17, 15) is 9.18 Å². The van der Waals surface area contributed by atoms with Crippen LogP contribution in [-0.2, 0) is 9.53 Å². The third-order valence-electron chi connectivity index (χ3n) is 5.52. The SMILES string of the molecule is CC(Sc1nnc(N2CCOCC2)n1-c1cccc(F)c1)C(=O)N1CCCCCC1. The molecular formula is C21H28FN5O2S. The molecule has 4 rings (SSSR count). The van der Waals surface area contributed by atoms with E-state index >= 15 is 0 Å². The van der Waals surface area contributed by atoms with Crippen LogP contribution in [0.2, 0.25) is 0 Å². The number of anilines is 1. The van der Waals surface area contributed by atoms with Gasteiger partial charge in [-0.2, -0.15) is 0 Å². The number of carbonyl (C=O) groups excluding carboxylic acids is 1. The van der Waals surface area contributed by atoms with Gasteiger partial charge in [0.25, 0.3) is 0 Å². The molecule has 3 heterocycles. The Hall–Kier alpha value is -2.13. The highest BCUT2D eigenvalue weighted by Crippen LogP contribution is 2.31. The second kappa shape index (κ2) is 9.78. The normalized spacial score (nSPS) is 18.9. The molecule has 1 unspecified atom stereocenters. The van der Waals surface area contributed by atoms with Crippen molar-refractivity contribution >= 4 is 23.6 Å². The van der Waals surface area contributed by atoms with Gasteiger partial charge in [0.1, 0.15) is 5.82 Å². The number of nitrogens with zero attached hydrogens (tertiary/aromatic N) is 5. The van der Waals surface area contributed by atoms with Gasteiger partial charge in [-0.15, -0.1) is 10.2 Å². The summed E-state index contributed by atoms with van der Waals surface area (Å²) in [5.74, 6) is 0.461. The van der Waals surface area contributed by atoms with Crippen LogP contribution in [0.25, 0.3) is 5.69 Å². The van der Waals surface area contributed by atoms with E-state index in [2.05, 4.69) is 15.1 Å². The fraction of sp³-hybridized carbons (Fsp3) is 0.571. The van der Waals surface area contributed by atoms with Gasteiger partial charge in [-0.1, -0.05) is 30.7 Å². The maximum Gasteiger partial charge on any atom is 0.235 e. The van der Waals surface area contributed by atoms with E-state index in [1.807, 2.05) is 22.5 Å². The Morgan fingerprint density at radius 2 is 1.83 bits per heavy atom. The minimum absolute atomic E-state index is 0.128. The Bertz CT molecular complexity index is 863. The lowest BCUT2D eigenvalue weighted by Gasteiger charge is -2.28. The number of thioether (sulfide) groups is 1. The summed E-state index contributed by atoms with van der Waals surface area (Å²) >= 11 is 1.38. The zero-order valence-corrected chi connectivity index (χ0v) is 18.1. The van der Waals surface area contributed by atoms with Crippen LogP contribution in [0.3, 0.4) is 0 Å². The van der Waals surface area contributed by atoms with Gasteiger partial charge >= 0.3 is 0 Å². The van der Waals surface area contributed by atoms with Gasteiger partial charge in [0.15, 0.2) is 5.16 Å². The van der Waals surface area contributed by atoms with Crippen molar-refractivity contribution in [2.24, 2.45) is 0 Å². The first-order valence-electron chi connectivity index (χ1n) is 10.6. The van der Waals surface area contributed by atoms with Crippen molar-refractivity contribution in [2.75, 3.05) is 44.3 Å². The molecule has 0 N–H and O–H groups in total. The van der Waals surface area contributed by atoms with Crippen molar-refractivity contribution in [2.45, 2.75) is 43.0 Å². The zero-order chi connectivity index (χ0) is 20.9. The minimum Gasteiger partial charge on any atom is -0.378 e. The van der Waals surface area contributed by atoms with E-state index in [0.29, 0.717) is 43.1 Å². The average molecular weight is 434 g/mol. The highest BCUT2D eigenvalue weighted by molar-refractivity contribution is 8.00. The van der Waals surface area contributed by atoms with Gasteiger partial charge in [-0.25, -0.2) is 4.39 Å². The molecule has 1 atom stereocenters. The van der Waals surface area contributed by atoms with Crippen LogP contribution in [0.1, 0.15) is 32.6 Å². The van der Waals surface area contributed by atoms with Crippen molar-refractivity contribution in [3.63, 3.8) is 0 Å². The van der Waals surface area contributed by atoms with E-state index < -0.39 is 0 Å². The fourth-order valence-corrected chi connectivity index (χ4v) is 4.85. The molecule has 1 aromatic carbocycles. The third-order valence-corrected chi connectivity index (χ3v) is 6.55. The number of halogens is 1. The lowest BCUT2D eigenvalue weighted by atomic mass is 10.2. The summed E-state index contributed by atoms with van der Waals surface area (Å²) in [6.07, 6.45) is 4.48. The third kappa shape index (κ3) is 4.78. The molecule has 30 heavy (non-hydrogen) atoms. The number of carbonyl (C=O) groups is 1. The van der Waals surface area contributed by atoms with Crippen molar-refractivity contribution in [3.05, 3.63) is 30.1 Å². The van der Waals surface area contributed by atoms with E-state index in [-0.39, 0.29) is 17.0 Å². The molecule has 0 radical (unpaired) electrons. The largest absolute Gasteiger partial charge is 0.378 e. The Balaban J connectivity index is 1.60. The molecule has 2 aromatic rings. The first kappa shape index (κ1) is 21.1. The molecular weight excluding hydrogens is 405 g/mol. The molecule has 7 nitrogen and oxygen atoms in total. The number of benzene rings is 1. The van der Waals surface area contributed by atoms with Crippen molar-refractivity contribution < 1.29 is 13.9 Å². The smallest absolute Gasteiger partial charge is 0.235 e. The number of ether oxygens (including phenoxy) is 1. The minimum atomic E-state index is -0.321. The highest BCUT2D eigenvalue weighted by atomic mass is 32.2. The van der Waals surface area contributed by atoms with E-state index in [0.717, 1.165) is 25.9 Å². The lowest BCUT2D eigenvalue weighted by molar-refractivity contribution is -0.130. The summed E-state index contributed by atoms with van der Waals surface area (Å²) in [6.45, 7) is 6.17. The fourth-order valence-electron chi connectivity index (χ4n) is 3.90. The van der Waals surface area contributed by atoms with E-state index in [4.69, 9.17) is 4.74 Å². The molecule has 0 saturated carbocycles. The highest BCUT2D eigenvalue weighted by Gasteiger charge is 2.27. The van der Waals surface area contributed by atoms with Gasteiger partial charge < -0.3 is 14.5 Å². The molecule has 1 amide bonds. The predicted molar refractivity (Wildman–Crippen MR) is 115 cm³/mol. The maximum absolute atomic E-state index is 14.0. The van der Waals surface area contributed by atoms with Crippen LogP contribution in [0, 0.1) is 5.82 Å². The first-order chi connectivity index (χ1) is 14.6. The summed E-state index contributed by atoms with van der Waals surface area (Å²) in [4.78, 5) is 17.1. The first-order valence-corrected chi connectivity index (χ1v) is 11.5. The summed E-state index contributed by atoms with van der Waals surface area (Å²) in [5.41, 5.74) is 0.651. The predicted octanol–water partition coefficient (Wildman–Crippen LogP) is 3.13. The van der Waals surface area contributed by atoms with Crippen LogP contribution < -0.4 is 4.90 Å². The second-order valence-electron chi connectivity index (χ2n) is 7.70. The topological polar surface area (TPSA) is 63.5 Å². The number of rotatable bonds is 5. The zero-order valence-electron chi connectivity index (χ0n) is 17.3. The van der Waals surface area contributed by atoms with Crippen LogP contribution in [0.5, 0.6) is 0 Å². The van der Waals surface area contributed by atoms with Crippen LogP contribution in [-0.4, -0.2) is 70.2 Å². The van der Waals surface area contributed by atoms with Gasteiger partial charge in [0, 0.05) is 26.2 Å².